The number of hydrogen-bond donors (Lipinski definition) is 1. The monoisotopic (exact) mass is 363 g/mol. The van der Waals surface area contributed by atoms with Crippen molar-refractivity contribution >= 4 is 17.6 Å². The second kappa shape index (κ2) is 9.83. The van der Waals surface area contributed by atoms with Crippen LogP contribution < -0.4 is 9.47 Å². The summed E-state index contributed by atoms with van der Waals surface area (Å²) in [6, 6.07) is 15.2. The fraction of sp³-hybridized carbons (Fsp3) is 0.182. The second-order valence-electron chi connectivity index (χ2n) is 5.65. The summed E-state index contributed by atoms with van der Waals surface area (Å²) < 4.78 is 11.1. The van der Waals surface area contributed by atoms with Crippen LogP contribution in [0.25, 0.3) is 11.6 Å². The Bertz CT molecular complexity index is 879. The minimum absolute atomic E-state index is 0.384. The molecular formula is C22H21NO4. The maximum Gasteiger partial charge on any atom is 0.341 e. The van der Waals surface area contributed by atoms with Gasteiger partial charge in [-0.25, -0.2) is 4.79 Å². The van der Waals surface area contributed by atoms with Crippen molar-refractivity contribution in [2.24, 2.45) is 0 Å². The van der Waals surface area contributed by atoms with Crippen molar-refractivity contribution < 1.29 is 19.4 Å². The largest absolute Gasteiger partial charge is 0.490 e. The molecule has 27 heavy (non-hydrogen) atoms. The van der Waals surface area contributed by atoms with E-state index in [4.69, 9.17) is 14.6 Å². The highest BCUT2D eigenvalue weighted by Crippen LogP contribution is 2.35. The molecule has 2 aromatic carbocycles. The second-order valence-corrected chi connectivity index (χ2v) is 5.65. The SMILES string of the molecule is C=CCc1cc(/C=C(\C#N)c2ccccc2)cc(OCC)c1OCC(=O)O. The molecule has 0 heterocycles. The molecule has 0 aliphatic heterocycles. The number of carboxylic acid groups (broad SMARTS) is 1. The van der Waals surface area contributed by atoms with E-state index >= 15 is 0 Å². The molecule has 2 rings (SSSR count). The lowest BCUT2D eigenvalue weighted by Crippen LogP contribution is -2.12. The van der Waals surface area contributed by atoms with Gasteiger partial charge in [-0.3, -0.25) is 0 Å². The average molecular weight is 363 g/mol. The Morgan fingerprint density at radius 2 is 2.00 bits per heavy atom. The number of rotatable bonds is 9. The molecular weight excluding hydrogens is 342 g/mol. The minimum Gasteiger partial charge on any atom is -0.490 e. The molecule has 0 saturated heterocycles. The standard InChI is InChI=1S/C22H21NO4/c1-3-8-18-11-16(12-19(14-23)17-9-6-5-7-10-17)13-20(26-4-2)22(18)27-15-21(24)25/h3,5-7,9-13H,1,4,8,15H2,2H3,(H,24,25)/b19-12+. The molecule has 0 spiro atoms. The Morgan fingerprint density at radius 3 is 2.59 bits per heavy atom. The van der Waals surface area contributed by atoms with Crippen LogP contribution in [0.3, 0.4) is 0 Å². The molecule has 0 radical (unpaired) electrons. The van der Waals surface area contributed by atoms with Crippen LogP contribution in [0.4, 0.5) is 0 Å². The number of carboxylic acids is 1. The summed E-state index contributed by atoms with van der Waals surface area (Å²) in [6.45, 7) is 5.51. The number of ether oxygens (including phenoxy) is 2. The molecule has 0 saturated carbocycles. The van der Waals surface area contributed by atoms with Gasteiger partial charge in [0.15, 0.2) is 18.1 Å². The number of carbonyl (C=O) groups is 1. The van der Waals surface area contributed by atoms with Gasteiger partial charge in [-0.1, -0.05) is 36.4 Å². The topological polar surface area (TPSA) is 79.5 Å². The van der Waals surface area contributed by atoms with Crippen LogP contribution >= 0.6 is 0 Å². The van der Waals surface area contributed by atoms with E-state index in [1.54, 1.807) is 18.2 Å². The molecule has 2 aromatic rings. The molecule has 0 bridgehead atoms. The molecule has 1 N–H and O–H groups in total. The van der Waals surface area contributed by atoms with Crippen LogP contribution in [0.2, 0.25) is 0 Å². The number of nitrogens with zero attached hydrogens (tertiary/aromatic N) is 1. The number of aliphatic carboxylic acids is 1. The zero-order valence-corrected chi connectivity index (χ0v) is 15.1. The van der Waals surface area contributed by atoms with Gasteiger partial charge in [0, 0.05) is 5.56 Å². The van der Waals surface area contributed by atoms with Crippen LogP contribution in [-0.2, 0) is 11.2 Å². The van der Waals surface area contributed by atoms with Crippen LogP contribution in [0, 0.1) is 11.3 Å². The van der Waals surface area contributed by atoms with E-state index in [2.05, 4.69) is 12.6 Å². The number of benzene rings is 2. The summed E-state index contributed by atoms with van der Waals surface area (Å²) >= 11 is 0. The molecule has 0 amide bonds. The lowest BCUT2D eigenvalue weighted by Gasteiger charge is -2.16. The van der Waals surface area contributed by atoms with Gasteiger partial charge in [0.05, 0.1) is 18.2 Å². The van der Waals surface area contributed by atoms with Crippen LogP contribution in [0.1, 0.15) is 23.6 Å². The third-order valence-electron chi connectivity index (χ3n) is 3.67. The van der Waals surface area contributed by atoms with Gasteiger partial charge in [-0.2, -0.15) is 5.26 Å². The van der Waals surface area contributed by atoms with Gasteiger partial charge in [-0.05, 0) is 42.7 Å². The van der Waals surface area contributed by atoms with Gasteiger partial charge in [0.2, 0.25) is 0 Å². The Balaban J connectivity index is 2.53. The van der Waals surface area contributed by atoms with Gasteiger partial charge >= 0.3 is 5.97 Å². The molecule has 0 fully saturated rings. The Kier molecular flexibility index (Phi) is 7.21. The van der Waals surface area contributed by atoms with Crippen molar-refractivity contribution in [1.82, 2.24) is 0 Å². The third kappa shape index (κ3) is 5.48. The first-order chi connectivity index (χ1) is 13.1. The van der Waals surface area contributed by atoms with E-state index in [0.29, 0.717) is 30.1 Å². The van der Waals surface area contributed by atoms with Crippen LogP contribution in [-0.4, -0.2) is 24.3 Å². The summed E-state index contributed by atoms with van der Waals surface area (Å²) in [5, 5.41) is 18.4. The molecule has 0 aliphatic carbocycles. The van der Waals surface area contributed by atoms with Crippen LogP contribution in [0.15, 0.2) is 55.1 Å². The lowest BCUT2D eigenvalue weighted by molar-refractivity contribution is -0.139. The Morgan fingerprint density at radius 1 is 1.26 bits per heavy atom. The van der Waals surface area contributed by atoms with Gasteiger partial charge in [0.1, 0.15) is 0 Å². The van der Waals surface area contributed by atoms with E-state index in [9.17, 15) is 10.1 Å². The molecule has 0 unspecified atom stereocenters. The predicted molar refractivity (Wildman–Crippen MR) is 105 cm³/mol. The van der Waals surface area contributed by atoms with E-state index in [1.165, 1.54) is 0 Å². The normalized spacial score (nSPS) is 10.7. The van der Waals surface area contributed by atoms with Gasteiger partial charge in [-0.15, -0.1) is 6.58 Å². The number of nitriles is 1. The van der Waals surface area contributed by atoms with Crippen molar-refractivity contribution in [1.29, 1.82) is 5.26 Å². The van der Waals surface area contributed by atoms with Crippen molar-refractivity contribution in [3.63, 3.8) is 0 Å². The first-order valence-electron chi connectivity index (χ1n) is 8.51. The minimum atomic E-state index is -1.07. The highest BCUT2D eigenvalue weighted by atomic mass is 16.5. The third-order valence-corrected chi connectivity index (χ3v) is 3.67. The summed E-state index contributed by atoms with van der Waals surface area (Å²) in [5.74, 6) is -0.244. The maximum atomic E-state index is 10.9. The average Bonchev–Trinajstić information content (AvgIpc) is 2.66. The summed E-state index contributed by atoms with van der Waals surface area (Å²) in [5.41, 5.74) is 2.84. The van der Waals surface area contributed by atoms with E-state index in [-0.39, 0.29) is 0 Å². The summed E-state index contributed by atoms with van der Waals surface area (Å²) in [4.78, 5) is 10.9. The molecule has 0 atom stereocenters. The quantitative estimate of drug-likeness (QED) is 0.407. The van der Waals surface area contributed by atoms with E-state index < -0.39 is 12.6 Å². The highest BCUT2D eigenvalue weighted by Gasteiger charge is 2.14. The Labute approximate surface area is 158 Å². The fourth-order valence-corrected chi connectivity index (χ4v) is 2.60. The first-order valence-corrected chi connectivity index (χ1v) is 8.51. The van der Waals surface area contributed by atoms with Gasteiger partial charge in [0.25, 0.3) is 0 Å². The summed E-state index contributed by atoms with van der Waals surface area (Å²) in [6.07, 6.45) is 3.95. The predicted octanol–water partition coefficient (Wildman–Crippen LogP) is 4.34. The first kappa shape index (κ1) is 19.8. The lowest BCUT2D eigenvalue weighted by atomic mass is 10.0. The van der Waals surface area contributed by atoms with E-state index in [1.807, 2.05) is 43.3 Å². The van der Waals surface area contributed by atoms with Crippen molar-refractivity contribution in [3.05, 3.63) is 71.8 Å². The molecule has 5 nitrogen and oxygen atoms in total. The maximum absolute atomic E-state index is 10.9. The van der Waals surface area contributed by atoms with Crippen molar-refractivity contribution in [2.75, 3.05) is 13.2 Å². The smallest absolute Gasteiger partial charge is 0.341 e. The molecule has 0 aliphatic rings. The van der Waals surface area contributed by atoms with Crippen LogP contribution in [0.5, 0.6) is 11.5 Å². The molecule has 138 valence electrons. The van der Waals surface area contributed by atoms with E-state index in [0.717, 1.165) is 16.7 Å². The highest BCUT2D eigenvalue weighted by molar-refractivity contribution is 5.90. The zero-order chi connectivity index (χ0) is 19.6. The number of hydrogen-bond acceptors (Lipinski definition) is 4. The molecule has 0 aromatic heterocycles. The van der Waals surface area contributed by atoms with Crippen molar-refractivity contribution in [3.8, 4) is 17.6 Å². The Hall–Kier alpha value is -3.52. The summed E-state index contributed by atoms with van der Waals surface area (Å²) in [7, 11) is 0. The van der Waals surface area contributed by atoms with Gasteiger partial charge < -0.3 is 14.6 Å². The fourth-order valence-electron chi connectivity index (χ4n) is 2.60. The van der Waals surface area contributed by atoms with Crippen molar-refractivity contribution in [2.45, 2.75) is 13.3 Å². The number of allylic oxidation sites excluding steroid dienone is 2. The molecule has 5 heteroatoms. The zero-order valence-electron chi connectivity index (χ0n) is 15.1.